The van der Waals surface area contributed by atoms with E-state index in [1.807, 2.05) is 42.2 Å². The lowest BCUT2D eigenvalue weighted by molar-refractivity contribution is -0.384. The van der Waals surface area contributed by atoms with Crippen LogP contribution >= 0.6 is 11.8 Å². The molecule has 0 N–H and O–H groups in total. The van der Waals surface area contributed by atoms with E-state index in [9.17, 15) is 14.9 Å². The normalized spacial score (nSPS) is 21.9. The second kappa shape index (κ2) is 10.2. The molecule has 2 aliphatic rings. The Morgan fingerprint density at radius 3 is 2.47 bits per heavy atom. The Labute approximate surface area is 227 Å². The summed E-state index contributed by atoms with van der Waals surface area (Å²) >= 11 is 1.45. The SMILES string of the molecule is C[C@@H](O[Si](C)(C)C)[C@H]1C(=O)N2C(Cc3ccc([N+](=O)[O-])cc3)=C(Sc3nc(-c4ccccc4)co3)[C@H](C)[C@H]12. The minimum absolute atomic E-state index is 0.00652. The molecule has 1 amide bonds. The van der Waals surface area contributed by atoms with E-state index in [0.29, 0.717) is 11.6 Å². The van der Waals surface area contributed by atoms with E-state index in [2.05, 4.69) is 26.6 Å². The number of aromatic nitrogens is 1. The zero-order valence-corrected chi connectivity index (χ0v) is 23.9. The van der Waals surface area contributed by atoms with E-state index in [1.165, 1.54) is 23.9 Å². The standard InChI is InChI=1S/C28H31N3O5SSi/c1-17-25-24(18(2)36-38(3,4)5)27(32)30(25)23(15-19-11-13-21(14-12-19)31(33)34)26(17)37-28-29-22(16-35-28)20-9-7-6-8-10-20/h6-14,16-18,24-25H,15H2,1-5H3/t17-,18-,24-,25-/m1/s1. The van der Waals surface area contributed by atoms with Gasteiger partial charge >= 0.3 is 0 Å². The molecule has 1 fully saturated rings. The van der Waals surface area contributed by atoms with Gasteiger partial charge in [-0.2, -0.15) is 0 Å². The van der Waals surface area contributed by atoms with E-state index in [-0.39, 0.29) is 35.6 Å². The Kier molecular flexibility index (Phi) is 7.06. The topological polar surface area (TPSA) is 98.7 Å². The first kappa shape index (κ1) is 26.4. The number of β-lactam (4-membered cyclic amide) rings is 1. The zero-order valence-electron chi connectivity index (χ0n) is 22.1. The van der Waals surface area contributed by atoms with Crippen LogP contribution in [-0.2, 0) is 15.6 Å². The molecule has 0 spiro atoms. The highest BCUT2D eigenvalue weighted by atomic mass is 32.2. The zero-order chi connectivity index (χ0) is 27.2. The minimum Gasteiger partial charge on any atom is -0.439 e. The molecule has 2 aliphatic heterocycles. The number of nitro benzene ring substituents is 1. The van der Waals surface area contributed by atoms with Gasteiger partial charge in [-0.3, -0.25) is 14.9 Å². The van der Waals surface area contributed by atoms with Gasteiger partial charge in [-0.15, -0.1) is 0 Å². The second-order valence-corrected chi connectivity index (χ2v) is 16.3. The molecule has 0 saturated carbocycles. The van der Waals surface area contributed by atoms with Crippen molar-refractivity contribution in [2.75, 3.05) is 0 Å². The quantitative estimate of drug-likeness (QED) is 0.130. The Morgan fingerprint density at radius 1 is 1.16 bits per heavy atom. The summed E-state index contributed by atoms with van der Waals surface area (Å²) in [6.45, 7) is 10.6. The monoisotopic (exact) mass is 549 g/mol. The number of thioether (sulfide) groups is 1. The molecule has 0 bridgehead atoms. The summed E-state index contributed by atoms with van der Waals surface area (Å²) in [4.78, 5) is 31.9. The van der Waals surface area contributed by atoms with Crippen molar-refractivity contribution < 1.29 is 18.6 Å². The van der Waals surface area contributed by atoms with Crippen LogP contribution in [-0.4, -0.2) is 41.2 Å². The van der Waals surface area contributed by atoms with Gasteiger partial charge in [-0.05, 0) is 43.9 Å². The minimum atomic E-state index is -1.83. The van der Waals surface area contributed by atoms with Gasteiger partial charge in [0.2, 0.25) is 5.91 Å². The highest BCUT2D eigenvalue weighted by Gasteiger charge is 2.59. The smallest absolute Gasteiger partial charge is 0.269 e. The lowest BCUT2D eigenvalue weighted by atomic mass is 9.79. The maximum atomic E-state index is 13.5. The van der Waals surface area contributed by atoms with Gasteiger partial charge in [0, 0.05) is 40.6 Å². The fourth-order valence-corrected chi connectivity index (χ4v) is 7.72. The molecular weight excluding hydrogens is 518 g/mol. The van der Waals surface area contributed by atoms with Gasteiger partial charge in [-0.25, -0.2) is 4.98 Å². The molecule has 3 heterocycles. The fourth-order valence-electron chi connectivity index (χ4n) is 5.42. The van der Waals surface area contributed by atoms with Gasteiger partial charge in [0.15, 0.2) is 8.32 Å². The van der Waals surface area contributed by atoms with Crippen LogP contribution in [0.25, 0.3) is 11.3 Å². The number of rotatable bonds is 9. The van der Waals surface area contributed by atoms with Crippen molar-refractivity contribution in [3.05, 3.63) is 87.1 Å². The molecule has 5 rings (SSSR count). The third kappa shape index (κ3) is 5.08. The number of carbonyl (C=O) groups excluding carboxylic acids is 1. The molecule has 0 aliphatic carbocycles. The van der Waals surface area contributed by atoms with Crippen LogP contribution < -0.4 is 0 Å². The van der Waals surface area contributed by atoms with Crippen molar-refractivity contribution in [3.63, 3.8) is 0 Å². The molecule has 10 heteroatoms. The molecule has 8 nitrogen and oxygen atoms in total. The number of carbonyl (C=O) groups is 1. The summed E-state index contributed by atoms with van der Waals surface area (Å²) in [5.41, 5.74) is 3.57. The summed E-state index contributed by atoms with van der Waals surface area (Å²) in [5, 5.41) is 11.6. The first-order valence-electron chi connectivity index (χ1n) is 12.7. The number of non-ortho nitro benzene ring substituents is 1. The number of allylic oxidation sites excluding steroid dienone is 1. The van der Waals surface area contributed by atoms with E-state index >= 15 is 0 Å². The number of amides is 1. The number of fused-ring (bicyclic) bond motifs is 1. The molecular formula is C28H31N3O5SSi. The van der Waals surface area contributed by atoms with E-state index < -0.39 is 13.2 Å². The molecule has 1 saturated heterocycles. The number of hydrogen-bond donors (Lipinski definition) is 0. The predicted octanol–water partition coefficient (Wildman–Crippen LogP) is 6.51. The molecule has 0 radical (unpaired) electrons. The molecule has 198 valence electrons. The van der Waals surface area contributed by atoms with Gasteiger partial charge in [-0.1, -0.05) is 49.4 Å². The van der Waals surface area contributed by atoms with Crippen LogP contribution in [0.5, 0.6) is 0 Å². The number of oxazole rings is 1. The number of nitrogens with zero attached hydrogens (tertiary/aromatic N) is 3. The molecule has 0 unspecified atom stereocenters. The lowest BCUT2D eigenvalue weighted by Gasteiger charge is -2.49. The summed E-state index contributed by atoms with van der Waals surface area (Å²) < 4.78 is 12.2. The first-order valence-corrected chi connectivity index (χ1v) is 16.9. The van der Waals surface area contributed by atoms with Crippen molar-refractivity contribution in [1.29, 1.82) is 0 Å². The van der Waals surface area contributed by atoms with Crippen LogP contribution in [0.4, 0.5) is 5.69 Å². The van der Waals surface area contributed by atoms with Crippen LogP contribution in [0.3, 0.4) is 0 Å². The van der Waals surface area contributed by atoms with Crippen LogP contribution in [0.15, 0.2) is 81.1 Å². The van der Waals surface area contributed by atoms with Gasteiger partial charge in [0.25, 0.3) is 10.9 Å². The van der Waals surface area contributed by atoms with Crippen molar-refractivity contribution in [2.24, 2.45) is 11.8 Å². The number of nitro groups is 1. The fraction of sp³-hybridized carbons (Fsp3) is 0.357. The Morgan fingerprint density at radius 2 is 1.84 bits per heavy atom. The Balaban J connectivity index is 1.46. The Hall–Kier alpha value is -3.21. The molecule has 4 atom stereocenters. The second-order valence-electron chi connectivity index (χ2n) is 10.8. The molecule has 38 heavy (non-hydrogen) atoms. The van der Waals surface area contributed by atoms with Gasteiger partial charge in [0.05, 0.1) is 23.0 Å². The third-order valence-electron chi connectivity index (χ3n) is 7.00. The predicted molar refractivity (Wildman–Crippen MR) is 149 cm³/mol. The van der Waals surface area contributed by atoms with Gasteiger partial charge < -0.3 is 13.7 Å². The van der Waals surface area contributed by atoms with E-state index in [0.717, 1.165) is 27.4 Å². The average Bonchev–Trinajstić information content (AvgIpc) is 3.41. The van der Waals surface area contributed by atoms with Crippen LogP contribution in [0, 0.1) is 22.0 Å². The lowest BCUT2D eigenvalue weighted by Crippen LogP contribution is -2.64. The molecule has 2 aromatic carbocycles. The van der Waals surface area contributed by atoms with E-state index in [4.69, 9.17) is 13.8 Å². The largest absolute Gasteiger partial charge is 0.439 e. The summed E-state index contributed by atoms with van der Waals surface area (Å²) in [7, 11) is -1.83. The summed E-state index contributed by atoms with van der Waals surface area (Å²) in [5.74, 6) is -0.0841. The van der Waals surface area contributed by atoms with Crippen molar-refractivity contribution in [3.8, 4) is 11.3 Å². The van der Waals surface area contributed by atoms with Crippen molar-refractivity contribution in [1.82, 2.24) is 9.88 Å². The Bertz CT molecular complexity index is 1380. The van der Waals surface area contributed by atoms with Crippen LogP contribution in [0.2, 0.25) is 19.6 Å². The summed E-state index contributed by atoms with van der Waals surface area (Å²) in [6.07, 6.45) is 1.96. The van der Waals surface area contributed by atoms with E-state index in [1.54, 1.807) is 18.4 Å². The average molecular weight is 550 g/mol. The van der Waals surface area contributed by atoms with Crippen LogP contribution in [0.1, 0.15) is 19.4 Å². The van der Waals surface area contributed by atoms with Crippen molar-refractivity contribution in [2.45, 2.75) is 57.3 Å². The first-order chi connectivity index (χ1) is 18.0. The highest BCUT2D eigenvalue weighted by Crippen LogP contribution is 2.53. The highest BCUT2D eigenvalue weighted by molar-refractivity contribution is 8.02. The third-order valence-corrected chi connectivity index (χ3v) is 9.27. The number of benzene rings is 2. The maximum Gasteiger partial charge on any atom is 0.269 e. The van der Waals surface area contributed by atoms with Crippen molar-refractivity contribution >= 4 is 31.7 Å². The molecule has 1 aromatic heterocycles. The number of hydrogen-bond acceptors (Lipinski definition) is 7. The maximum absolute atomic E-state index is 13.5. The summed E-state index contributed by atoms with van der Waals surface area (Å²) in [6, 6.07) is 16.4. The molecule has 3 aromatic rings. The van der Waals surface area contributed by atoms with Gasteiger partial charge in [0.1, 0.15) is 12.0 Å².